The van der Waals surface area contributed by atoms with Crippen molar-refractivity contribution in [3.8, 4) is 11.4 Å². The van der Waals surface area contributed by atoms with Gasteiger partial charge in [0, 0.05) is 24.9 Å². The van der Waals surface area contributed by atoms with E-state index in [1.807, 2.05) is 13.8 Å². The van der Waals surface area contributed by atoms with Gasteiger partial charge in [-0.05, 0) is 41.7 Å². The summed E-state index contributed by atoms with van der Waals surface area (Å²) in [7, 11) is 0. The van der Waals surface area contributed by atoms with Crippen LogP contribution in [0.15, 0.2) is 42.9 Å². The molecule has 4 atom stereocenters. The normalized spacial score (nSPS) is 22.4. The molecule has 0 amide bonds. The third-order valence-corrected chi connectivity index (χ3v) is 6.15. The summed E-state index contributed by atoms with van der Waals surface area (Å²) < 4.78 is 34.6. The van der Waals surface area contributed by atoms with E-state index in [1.165, 1.54) is 6.07 Å². The number of benzene rings is 1. The second-order valence-corrected chi connectivity index (χ2v) is 8.99. The van der Waals surface area contributed by atoms with Crippen LogP contribution in [0.25, 0.3) is 11.4 Å². The molecule has 8 nitrogen and oxygen atoms in total. The van der Waals surface area contributed by atoms with Crippen LogP contribution >= 0.6 is 0 Å². The molecule has 5 N–H and O–H groups in total. The Morgan fingerprint density at radius 2 is 1.94 bits per heavy atom. The molecule has 10 heteroatoms. The van der Waals surface area contributed by atoms with Crippen LogP contribution in [0.3, 0.4) is 0 Å². The molecule has 3 aromatic rings. The zero-order valence-corrected chi connectivity index (χ0v) is 19.4. The van der Waals surface area contributed by atoms with E-state index < -0.39 is 47.3 Å². The minimum Gasteiger partial charge on any atom is -0.396 e. The van der Waals surface area contributed by atoms with E-state index in [0.29, 0.717) is 17.5 Å². The predicted molar refractivity (Wildman–Crippen MR) is 125 cm³/mol. The summed E-state index contributed by atoms with van der Waals surface area (Å²) in [5, 5.41) is 10.4. The van der Waals surface area contributed by atoms with Crippen molar-refractivity contribution in [2.24, 2.45) is 11.7 Å². The Bertz CT molecular complexity index is 1220. The summed E-state index contributed by atoms with van der Waals surface area (Å²) in [6, 6.07) is 4.64. The number of hydrogen-bond acceptors (Lipinski definition) is 8. The Kier molecular flexibility index (Phi) is 7.15. The standard InChI is InChI=1S/C25H27F2N5O3/c1-12(2)24-23(34)17(28)9-20(35-24)14-6-7-30-10-13(14)8-19(33)22-18(29)11-31-25(32-22)21-15(26)4-3-5-16(21)27/h3-7,10-12,17,20,23-24,34H,8-9,28-29H2,1-2H3/t17-,20?,23+,24-/m0/s1. The quantitative estimate of drug-likeness (QED) is 0.455. The van der Waals surface area contributed by atoms with Gasteiger partial charge in [-0.1, -0.05) is 19.9 Å². The predicted octanol–water partition coefficient (Wildman–Crippen LogP) is 3.00. The molecule has 1 aliphatic heterocycles. The summed E-state index contributed by atoms with van der Waals surface area (Å²) in [5.41, 5.74) is 12.8. The smallest absolute Gasteiger partial charge is 0.187 e. The number of halogens is 2. The first-order valence-electron chi connectivity index (χ1n) is 11.3. The molecular formula is C25H27F2N5O3. The number of anilines is 1. The van der Waals surface area contributed by atoms with Gasteiger partial charge < -0.3 is 21.3 Å². The second kappa shape index (κ2) is 10.1. The SMILES string of the molecule is CC(C)[C@@H]1OC(c2ccncc2CC(=O)c2nc(-c3c(F)cccc3F)ncc2N)C[C@H](N)[C@H]1O. The number of ketones is 1. The largest absolute Gasteiger partial charge is 0.396 e. The number of pyridine rings is 1. The first-order chi connectivity index (χ1) is 16.7. The van der Waals surface area contributed by atoms with Crippen LogP contribution in [0.2, 0.25) is 0 Å². The molecule has 35 heavy (non-hydrogen) atoms. The number of nitrogen functional groups attached to an aromatic ring is 1. The molecule has 4 rings (SSSR count). The van der Waals surface area contributed by atoms with Crippen molar-refractivity contribution in [1.29, 1.82) is 0 Å². The van der Waals surface area contributed by atoms with Gasteiger partial charge >= 0.3 is 0 Å². The molecule has 1 fully saturated rings. The lowest BCUT2D eigenvalue weighted by Crippen LogP contribution is -2.52. The van der Waals surface area contributed by atoms with Crippen molar-refractivity contribution in [3.05, 3.63) is 71.3 Å². The van der Waals surface area contributed by atoms with Gasteiger partial charge in [-0.2, -0.15) is 0 Å². The van der Waals surface area contributed by atoms with Crippen molar-refractivity contribution < 1.29 is 23.4 Å². The van der Waals surface area contributed by atoms with E-state index in [1.54, 1.807) is 18.5 Å². The zero-order chi connectivity index (χ0) is 25.3. The molecule has 0 radical (unpaired) electrons. The van der Waals surface area contributed by atoms with E-state index in [9.17, 15) is 18.7 Å². The molecular weight excluding hydrogens is 456 g/mol. The summed E-state index contributed by atoms with van der Waals surface area (Å²) >= 11 is 0. The number of aromatic nitrogens is 3. The average Bonchev–Trinajstić information content (AvgIpc) is 2.81. The number of nitrogens with zero attached hydrogens (tertiary/aromatic N) is 3. The minimum atomic E-state index is -0.851. The van der Waals surface area contributed by atoms with Crippen LogP contribution in [0, 0.1) is 17.6 Å². The summed E-state index contributed by atoms with van der Waals surface area (Å²) in [6.07, 6.45) is 2.82. The lowest BCUT2D eigenvalue weighted by molar-refractivity contribution is -0.145. The Morgan fingerprint density at radius 1 is 1.23 bits per heavy atom. The maximum Gasteiger partial charge on any atom is 0.187 e. The van der Waals surface area contributed by atoms with Crippen LogP contribution < -0.4 is 11.5 Å². The highest BCUT2D eigenvalue weighted by atomic mass is 19.1. The minimum absolute atomic E-state index is 0.0140. The number of carbonyl (C=O) groups is 1. The van der Waals surface area contributed by atoms with E-state index in [-0.39, 0.29) is 29.5 Å². The molecule has 0 aliphatic carbocycles. The molecule has 2 aromatic heterocycles. The lowest BCUT2D eigenvalue weighted by Gasteiger charge is -2.40. The Morgan fingerprint density at radius 3 is 2.63 bits per heavy atom. The highest BCUT2D eigenvalue weighted by molar-refractivity contribution is 6.00. The van der Waals surface area contributed by atoms with Crippen molar-refractivity contribution in [1.82, 2.24) is 15.0 Å². The highest BCUT2D eigenvalue weighted by Gasteiger charge is 2.38. The van der Waals surface area contributed by atoms with Crippen LogP contribution in [-0.2, 0) is 11.2 Å². The summed E-state index contributed by atoms with van der Waals surface area (Å²) in [5.74, 6) is -2.42. The number of rotatable bonds is 6. The van der Waals surface area contributed by atoms with E-state index in [0.717, 1.165) is 18.3 Å². The Labute approximate surface area is 201 Å². The van der Waals surface area contributed by atoms with Gasteiger partial charge in [0.15, 0.2) is 11.6 Å². The number of Topliss-reactive ketones (excluding diaryl/α,β-unsaturated/α-hetero) is 1. The molecule has 1 aliphatic rings. The van der Waals surface area contributed by atoms with Crippen molar-refractivity contribution >= 4 is 11.5 Å². The van der Waals surface area contributed by atoms with Gasteiger partial charge in [0.1, 0.15) is 17.3 Å². The second-order valence-electron chi connectivity index (χ2n) is 8.99. The number of ether oxygens (including phenoxy) is 1. The Balaban J connectivity index is 1.64. The summed E-state index contributed by atoms with van der Waals surface area (Å²) in [4.78, 5) is 25.4. The topological polar surface area (TPSA) is 137 Å². The van der Waals surface area contributed by atoms with Crippen LogP contribution in [0.4, 0.5) is 14.5 Å². The molecule has 3 heterocycles. The third kappa shape index (κ3) is 5.04. The number of aliphatic hydroxyl groups excluding tert-OH is 1. The molecule has 0 saturated carbocycles. The third-order valence-electron chi connectivity index (χ3n) is 6.15. The number of hydrogen-bond donors (Lipinski definition) is 3. The molecule has 1 saturated heterocycles. The fraction of sp³-hybridized carbons (Fsp3) is 0.360. The van der Waals surface area contributed by atoms with Crippen molar-refractivity contribution in [2.75, 3.05) is 5.73 Å². The average molecular weight is 484 g/mol. The molecule has 184 valence electrons. The van der Waals surface area contributed by atoms with Gasteiger partial charge in [-0.3, -0.25) is 9.78 Å². The summed E-state index contributed by atoms with van der Waals surface area (Å²) in [6.45, 7) is 3.88. The van der Waals surface area contributed by atoms with E-state index >= 15 is 0 Å². The van der Waals surface area contributed by atoms with Gasteiger partial charge in [0.25, 0.3) is 0 Å². The fourth-order valence-corrected chi connectivity index (χ4v) is 4.31. The van der Waals surface area contributed by atoms with E-state index in [2.05, 4.69) is 15.0 Å². The van der Waals surface area contributed by atoms with Gasteiger partial charge in [0.05, 0.1) is 35.8 Å². The van der Waals surface area contributed by atoms with Crippen molar-refractivity contribution in [3.63, 3.8) is 0 Å². The molecule has 1 aromatic carbocycles. The molecule has 1 unspecified atom stereocenters. The number of carbonyl (C=O) groups excluding carboxylic acids is 1. The lowest BCUT2D eigenvalue weighted by atomic mass is 9.86. The van der Waals surface area contributed by atoms with Gasteiger partial charge in [-0.25, -0.2) is 18.7 Å². The van der Waals surface area contributed by atoms with Crippen molar-refractivity contribution in [2.45, 2.75) is 51.0 Å². The number of nitrogens with two attached hydrogens (primary N) is 2. The Hall–Kier alpha value is -3.34. The fourth-order valence-electron chi connectivity index (χ4n) is 4.31. The van der Waals surface area contributed by atoms with Crippen LogP contribution in [0.5, 0.6) is 0 Å². The van der Waals surface area contributed by atoms with Gasteiger partial charge in [0.2, 0.25) is 0 Å². The number of aliphatic hydroxyl groups is 1. The van der Waals surface area contributed by atoms with Crippen LogP contribution in [-0.4, -0.2) is 44.1 Å². The van der Waals surface area contributed by atoms with Gasteiger partial charge in [-0.15, -0.1) is 0 Å². The first-order valence-corrected chi connectivity index (χ1v) is 11.3. The molecule has 0 spiro atoms. The van der Waals surface area contributed by atoms with Crippen LogP contribution in [0.1, 0.15) is 48.0 Å². The zero-order valence-electron chi connectivity index (χ0n) is 19.4. The first kappa shape index (κ1) is 24.8. The maximum absolute atomic E-state index is 14.2. The molecule has 0 bridgehead atoms. The maximum atomic E-state index is 14.2. The monoisotopic (exact) mass is 483 g/mol. The highest BCUT2D eigenvalue weighted by Crippen LogP contribution is 2.35. The van der Waals surface area contributed by atoms with E-state index in [4.69, 9.17) is 16.2 Å².